The van der Waals surface area contributed by atoms with Gasteiger partial charge in [0.25, 0.3) is 5.91 Å². The van der Waals surface area contributed by atoms with Crippen LogP contribution in [0.2, 0.25) is 0 Å². The van der Waals surface area contributed by atoms with E-state index in [0.717, 1.165) is 27.5 Å². The van der Waals surface area contributed by atoms with Crippen LogP contribution in [0.4, 0.5) is 9.93 Å². The van der Waals surface area contributed by atoms with Crippen molar-refractivity contribution in [2.45, 2.75) is 35.8 Å². The first-order valence-electron chi connectivity index (χ1n) is 11.4. The molecule has 0 spiro atoms. The highest BCUT2D eigenvalue weighted by atomic mass is 32.2. The summed E-state index contributed by atoms with van der Waals surface area (Å²) in [6.07, 6.45) is 4.61. The largest absolute Gasteiger partial charge is 0.496 e. The van der Waals surface area contributed by atoms with Crippen molar-refractivity contribution < 1.29 is 19.1 Å². The van der Waals surface area contributed by atoms with E-state index in [0.29, 0.717) is 29.5 Å². The number of ether oxygens (including phenoxy) is 1. The molecule has 8 nitrogen and oxygen atoms in total. The van der Waals surface area contributed by atoms with Crippen LogP contribution in [0.15, 0.2) is 40.1 Å². The molecule has 1 fully saturated rings. The number of carbonyl (C=O) groups excluding carboxylic acids is 3. The van der Waals surface area contributed by atoms with Crippen LogP contribution in [-0.2, 0) is 4.79 Å². The second kappa shape index (κ2) is 11.7. The fourth-order valence-electron chi connectivity index (χ4n) is 4.07. The number of likely N-dealkylation sites (tertiary alicyclic amines) is 1. The molecule has 10 heteroatoms. The number of benzene rings is 1. The molecule has 3 rings (SSSR count). The van der Waals surface area contributed by atoms with Gasteiger partial charge in [-0.1, -0.05) is 36.6 Å². The second-order valence-electron chi connectivity index (χ2n) is 8.81. The molecule has 1 aliphatic heterocycles. The third-order valence-corrected chi connectivity index (χ3v) is 8.21. The quantitative estimate of drug-likeness (QED) is 0.524. The van der Waals surface area contributed by atoms with Crippen LogP contribution in [0, 0.1) is 18.8 Å². The molecular formula is C25H32N4O4S2. The number of aromatic nitrogens is 1. The number of ketones is 1. The van der Waals surface area contributed by atoms with Crippen LogP contribution < -0.4 is 10.1 Å². The number of hydrogen-bond acceptors (Lipinski definition) is 7. The van der Waals surface area contributed by atoms with Crippen LogP contribution in [0.5, 0.6) is 5.75 Å². The second-order valence-corrected chi connectivity index (χ2v) is 11.2. The molecule has 1 aromatic heterocycles. The van der Waals surface area contributed by atoms with E-state index in [-0.39, 0.29) is 29.6 Å². The first kappa shape index (κ1) is 26.7. The molecule has 0 radical (unpaired) electrons. The number of methoxy groups -OCH3 is 1. The minimum atomic E-state index is -0.242. The van der Waals surface area contributed by atoms with E-state index in [9.17, 15) is 14.4 Å². The Morgan fingerprint density at radius 3 is 2.74 bits per heavy atom. The van der Waals surface area contributed by atoms with Gasteiger partial charge in [-0.15, -0.1) is 0 Å². The summed E-state index contributed by atoms with van der Waals surface area (Å²) >= 11 is 2.86. The molecule has 188 valence electrons. The van der Waals surface area contributed by atoms with Gasteiger partial charge in [0, 0.05) is 38.0 Å². The maximum absolute atomic E-state index is 13.6. The summed E-state index contributed by atoms with van der Waals surface area (Å²) in [5.74, 6) is 0.403. The first-order valence-corrected chi connectivity index (χ1v) is 13.0. The standard InChI is InChI=1S/C25H32N4O4S2/c1-7-19(30)17-9-8-10-29(14-16(17)3)23(31)18-12-21(15(2)11-20(18)33-6)34-22-13-26-24(35-22)27-25(32)28(4)5/h7,11-13,16-17H,1,8-10,14H2,2-6H3,(H,26,27,32)/t16-,17?/m1/s1. The lowest BCUT2D eigenvalue weighted by Gasteiger charge is -2.26. The molecule has 2 aromatic rings. The molecule has 1 aromatic carbocycles. The minimum absolute atomic E-state index is 0.0455. The van der Waals surface area contributed by atoms with E-state index in [1.165, 1.54) is 34.1 Å². The van der Waals surface area contributed by atoms with Crippen molar-refractivity contribution in [3.8, 4) is 5.75 Å². The van der Waals surface area contributed by atoms with Gasteiger partial charge >= 0.3 is 6.03 Å². The van der Waals surface area contributed by atoms with Crippen molar-refractivity contribution in [3.63, 3.8) is 0 Å². The molecule has 3 amide bonds. The van der Waals surface area contributed by atoms with Crippen molar-refractivity contribution in [1.29, 1.82) is 0 Å². The smallest absolute Gasteiger partial charge is 0.323 e. The third kappa shape index (κ3) is 6.43. The topological polar surface area (TPSA) is 91.8 Å². The fraction of sp³-hybridized carbons (Fsp3) is 0.440. The lowest BCUT2D eigenvalue weighted by molar-refractivity contribution is -0.119. The number of nitrogens with one attached hydrogen (secondary N) is 1. The Kier molecular flexibility index (Phi) is 8.96. The molecule has 1 N–H and O–H groups in total. The van der Waals surface area contributed by atoms with E-state index in [1.54, 1.807) is 27.4 Å². The van der Waals surface area contributed by atoms with E-state index in [4.69, 9.17) is 4.74 Å². The van der Waals surface area contributed by atoms with E-state index >= 15 is 0 Å². The lowest BCUT2D eigenvalue weighted by Crippen LogP contribution is -2.36. The summed E-state index contributed by atoms with van der Waals surface area (Å²) in [7, 11) is 4.89. The zero-order valence-electron chi connectivity index (χ0n) is 20.8. The van der Waals surface area contributed by atoms with Gasteiger partial charge < -0.3 is 14.5 Å². The number of rotatable bonds is 7. The van der Waals surface area contributed by atoms with Crippen LogP contribution in [0.25, 0.3) is 0 Å². The summed E-state index contributed by atoms with van der Waals surface area (Å²) in [6, 6.07) is 3.49. The SMILES string of the molecule is C=CC(=O)C1CCCN(C(=O)c2cc(Sc3cnc(NC(=O)N(C)C)s3)c(C)cc2OC)C[C@H]1C. The predicted octanol–water partition coefficient (Wildman–Crippen LogP) is 4.95. The number of aryl methyl sites for hydroxylation is 1. The Bertz CT molecular complexity index is 1110. The van der Waals surface area contributed by atoms with Crippen molar-refractivity contribution in [2.75, 3.05) is 39.6 Å². The van der Waals surface area contributed by atoms with Crippen molar-refractivity contribution in [1.82, 2.24) is 14.8 Å². The molecule has 2 heterocycles. The minimum Gasteiger partial charge on any atom is -0.496 e. The Hall–Kier alpha value is -2.85. The zero-order chi connectivity index (χ0) is 25.7. The Balaban J connectivity index is 1.82. The number of nitrogens with zero attached hydrogens (tertiary/aromatic N) is 3. The molecule has 2 atom stereocenters. The van der Waals surface area contributed by atoms with Crippen molar-refractivity contribution in [2.24, 2.45) is 11.8 Å². The molecule has 35 heavy (non-hydrogen) atoms. The fourth-order valence-corrected chi connectivity index (χ4v) is 6.00. The van der Waals surface area contributed by atoms with Gasteiger partial charge in [0.05, 0.1) is 23.1 Å². The molecule has 0 saturated carbocycles. The highest BCUT2D eigenvalue weighted by molar-refractivity contribution is 8.01. The van der Waals surface area contributed by atoms with Crippen LogP contribution in [-0.4, -0.2) is 66.8 Å². The summed E-state index contributed by atoms with van der Waals surface area (Å²) in [5.41, 5.74) is 1.46. The van der Waals surface area contributed by atoms with Gasteiger partial charge in [0.2, 0.25) is 0 Å². The Morgan fingerprint density at radius 1 is 1.34 bits per heavy atom. The number of thiazole rings is 1. The molecule has 1 aliphatic rings. The van der Waals surface area contributed by atoms with Crippen LogP contribution >= 0.6 is 23.1 Å². The van der Waals surface area contributed by atoms with E-state index in [2.05, 4.69) is 16.9 Å². The summed E-state index contributed by atoms with van der Waals surface area (Å²) in [4.78, 5) is 46.2. The van der Waals surface area contributed by atoms with Gasteiger partial charge in [-0.2, -0.15) is 0 Å². The highest BCUT2D eigenvalue weighted by Gasteiger charge is 2.31. The van der Waals surface area contributed by atoms with Crippen LogP contribution in [0.1, 0.15) is 35.7 Å². The number of urea groups is 1. The van der Waals surface area contributed by atoms with E-state index < -0.39 is 0 Å². The third-order valence-electron chi connectivity index (χ3n) is 6.03. The number of amides is 3. The van der Waals surface area contributed by atoms with Gasteiger partial charge in [-0.05, 0) is 49.5 Å². The Morgan fingerprint density at radius 2 is 2.09 bits per heavy atom. The number of anilines is 1. The number of carbonyl (C=O) groups is 3. The first-order chi connectivity index (χ1) is 16.6. The maximum Gasteiger partial charge on any atom is 0.323 e. The monoisotopic (exact) mass is 516 g/mol. The van der Waals surface area contributed by atoms with Gasteiger partial charge in [0.15, 0.2) is 10.9 Å². The summed E-state index contributed by atoms with van der Waals surface area (Å²) in [5, 5.41) is 3.26. The molecule has 0 bridgehead atoms. The lowest BCUT2D eigenvalue weighted by atomic mass is 9.87. The highest BCUT2D eigenvalue weighted by Crippen LogP contribution is 2.39. The average Bonchev–Trinajstić information content (AvgIpc) is 3.17. The Labute approximate surface area is 214 Å². The van der Waals surface area contributed by atoms with Gasteiger partial charge in [0.1, 0.15) is 5.75 Å². The maximum atomic E-state index is 13.6. The summed E-state index contributed by atoms with van der Waals surface area (Å²) < 4.78 is 6.45. The zero-order valence-corrected chi connectivity index (χ0v) is 22.4. The van der Waals surface area contributed by atoms with Gasteiger partial charge in [-0.3, -0.25) is 14.9 Å². The number of allylic oxidation sites excluding steroid dienone is 1. The van der Waals surface area contributed by atoms with Gasteiger partial charge in [-0.25, -0.2) is 9.78 Å². The van der Waals surface area contributed by atoms with Crippen molar-refractivity contribution >= 4 is 46.0 Å². The summed E-state index contributed by atoms with van der Waals surface area (Å²) in [6.45, 7) is 8.70. The van der Waals surface area contributed by atoms with Crippen LogP contribution in [0.3, 0.4) is 0 Å². The molecular weight excluding hydrogens is 484 g/mol. The van der Waals surface area contributed by atoms with Crippen molar-refractivity contribution in [3.05, 3.63) is 42.1 Å². The molecule has 0 aliphatic carbocycles. The number of hydrogen-bond donors (Lipinski definition) is 1. The molecule has 1 saturated heterocycles. The molecule has 1 unspecified atom stereocenters. The average molecular weight is 517 g/mol. The predicted molar refractivity (Wildman–Crippen MR) is 140 cm³/mol. The normalized spacial score (nSPS) is 17.9. The van der Waals surface area contributed by atoms with E-state index in [1.807, 2.05) is 30.9 Å².